The number of alkyl halides is 3. The van der Waals surface area contributed by atoms with Crippen LogP contribution >= 0.6 is 11.3 Å². The van der Waals surface area contributed by atoms with E-state index >= 15 is 0 Å². The summed E-state index contributed by atoms with van der Waals surface area (Å²) in [5, 5.41) is 2.19. The van der Waals surface area contributed by atoms with Crippen molar-refractivity contribution < 1.29 is 22.8 Å². The highest BCUT2D eigenvalue weighted by atomic mass is 32.1. The van der Waals surface area contributed by atoms with Gasteiger partial charge in [-0.05, 0) is 12.8 Å². The van der Waals surface area contributed by atoms with Gasteiger partial charge in [0.15, 0.2) is 5.78 Å². The molecule has 0 unspecified atom stereocenters. The van der Waals surface area contributed by atoms with Gasteiger partial charge in [0.25, 0.3) is 5.91 Å². The van der Waals surface area contributed by atoms with Crippen molar-refractivity contribution in [2.24, 2.45) is 5.73 Å². The van der Waals surface area contributed by atoms with E-state index in [0.717, 1.165) is 11.3 Å². The van der Waals surface area contributed by atoms with Crippen LogP contribution in [0.15, 0.2) is 0 Å². The third-order valence-corrected chi connectivity index (χ3v) is 4.38. The van der Waals surface area contributed by atoms with Gasteiger partial charge in [-0.2, -0.15) is 13.2 Å². The van der Waals surface area contributed by atoms with Crippen LogP contribution in [0.4, 0.5) is 23.9 Å². The van der Waals surface area contributed by atoms with E-state index in [1.807, 2.05) is 0 Å². The topological polar surface area (TPSA) is 98.2 Å². The Balaban J connectivity index is 2.45. The summed E-state index contributed by atoms with van der Waals surface area (Å²) in [7, 11) is 0. The van der Waals surface area contributed by atoms with Crippen molar-refractivity contribution in [3.05, 3.63) is 10.4 Å². The van der Waals surface area contributed by atoms with E-state index in [-0.39, 0.29) is 34.0 Å². The maximum atomic E-state index is 12.9. The minimum atomic E-state index is -4.45. The number of thiophene rings is 1. The lowest BCUT2D eigenvalue weighted by molar-refractivity contribution is -0.151. The lowest BCUT2D eigenvalue weighted by Crippen LogP contribution is -2.38. The van der Waals surface area contributed by atoms with E-state index < -0.39 is 23.4 Å². The molecule has 110 valence electrons. The van der Waals surface area contributed by atoms with Gasteiger partial charge in [-0.25, -0.2) is 0 Å². The predicted molar refractivity (Wildman–Crippen MR) is 68.9 cm³/mol. The molecule has 0 spiro atoms. The van der Waals surface area contributed by atoms with Gasteiger partial charge in [-0.1, -0.05) is 0 Å². The van der Waals surface area contributed by atoms with Crippen molar-refractivity contribution in [1.29, 1.82) is 0 Å². The van der Waals surface area contributed by atoms with E-state index in [2.05, 4.69) is 5.32 Å². The number of carbonyl (C=O) groups is 2. The van der Waals surface area contributed by atoms with Crippen LogP contribution < -0.4 is 16.8 Å². The quantitative estimate of drug-likeness (QED) is 0.742. The predicted octanol–water partition coefficient (Wildman–Crippen LogP) is 2.14. The molecule has 20 heavy (non-hydrogen) atoms. The van der Waals surface area contributed by atoms with Gasteiger partial charge >= 0.3 is 6.18 Å². The first kappa shape index (κ1) is 14.6. The lowest BCUT2D eigenvalue weighted by atomic mass is 10.2. The molecule has 0 saturated heterocycles. The maximum Gasteiger partial charge on any atom is 0.411 e. The zero-order valence-electron chi connectivity index (χ0n) is 10.4. The van der Waals surface area contributed by atoms with Gasteiger partial charge in [0.1, 0.15) is 10.5 Å². The molecule has 1 aromatic rings. The van der Waals surface area contributed by atoms with Crippen LogP contribution in [0.25, 0.3) is 0 Å². The first-order chi connectivity index (χ1) is 9.09. The van der Waals surface area contributed by atoms with Crippen LogP contribution in [0.5, 0.6) is 0 Å². The summed E-state index contributed by atoms with van der Waals surface area (Å²) < 4.78 is 38.7. The van der Waals surface area contributed by atoms with Crippen LogP contribution in [-0.2, 0) is 0 Å². The molecule has 0 aliphatic heterocycles. The van der Waals surface area contributed by atoms with Crippen molar-refractivity contribution in [2.75, 3.05) is 11.1 Å². The molecule has 1 saturated carbocycles. The van der Waals surface area contributed by atoms with Crippen LogP contribution in [0.3, 0.4) is 0 Å². The van der Waals surface area contributed by atoms with E-state index in [1.165, 1.54) is 6.92 Å². The summed E-state index contributed by atoms with van der Waals surface area (Å²) in [6, 6.07) is 0. The molecular formula is C11H12F3N3O2S. The second-order valence-electron chi connectivity index (χ2n) is 4.67. The van der Waals surface area contributed by atoms with E-state index in [4.69, 9.17) is 11.5 Å². The van der Waals surface area contributed by atoms with Crippen LogP contribution in [0.1, 0.15) is 39.8 Å². The fourth-order valence-electron chi connectivity index (χ4n) is 1.86. The molecule has 1 aliphatic rings. The van der Waals surface area contributed by atoms with Crippen molar-refractivity contribution in [2.45, 2.75) is 31.5 Å². The second-order valence-corrected chi connectivity index (χ2v) is 5.69. The maximum absolute atomic E-state index is 12.9. The Morgan fingerprint density at radius 1 is 1.35 bits per heavy atom. The monoisotopic (exact) mass is 307 g/mol. The van der Waals surface area contributed by atoms with E-state index in [1.54, 1.807) is 0 Å². The minimum Gasteiger partial charge on any atom is -0.397 e. The van der Waals surface area contributed by atoms with Gasteiger partial charge in [0.2, 0.25) is 0 Å². The number of nitrogens with two attached hydrogens (primary N) is 2. The molecule has 1 aliphatic carbocycles. The number of amides is 1. The third kappa shape index (κ3) is 2.21. The number of Topliss-reactive ketones (excluding diaryl/α,β-unsaturated/α-hetero) is 1. The third-order valence-electron chi connectivity index (χ3n) is 3.16. The molecule has 5 N–H and O–H groups in total. The van der Waals surface area contributed by atoms with Crippen LogP contribution in [0.2, 0.25) is 0 Å². The Kier molecular flexibility index (Phi) is 3.20. The zero-order valence-corrected chi connectivity index (χ0v) is 11.2. The number of hydrogen-bond donors (Lipinski definition) is 3. The van der Waals surface area contributed by atoms with Gasteiger partial charge in [0.05, 0.1) is 16.1 Å². The number of anilines is 2. The Morgan fingerprint density at radius 3 is 2.25 bits per heavy atom. The van der Waals surface area contributed by atoms with E-state index in [9.17, 15) is 22.8 Å². The Morgan fingerprint density at radius 2 is 1.90 bits per heavy atom. The summed E-state index contributed by atoms with van der Waals surface area (Å²) in [4.78, 5) is 22.7. The Bertz CT molecular complexity index is 590. The number of hydrogen-bond acceptors (Lipinski definition) is 5. The Labute approximate surface area is 116 Å². The van der Waals surface area contributed by atoms with Crippen molar-refractivity contribution in [1.82, 2.24) is 0 Å². The van der Waals surface area contributed by atoms with Crippen LogP contribution in [0, 0.1) is 0 Å². The molecule has 0 aromatic carbocycles. The molecule has 5 nitrogen and oxygen atoms in total. The summed E-state index contributed by atoms with van der Waals surface area (Å²) in [6.07, 6.45) is -4.64. The first-order valence-electron chi connectivity index (χ1n) is 5.67. The number of halogens is 3. The Hall–Kier alpha value is -1.77. The fraction of sp³-hybridized carbons (Fsp3) is 0.455. The summed E-state index contributed by atoms with van der Waals surface area (Å²) in [5.41, 5.74) is 8.28. The second kappa shape index (κ2) is 4.37. The molecule has 1 aromatic heterocycles. The summed E-state index contributed by atoms with van der Waals surface area (Å²) in [6.45, 7) is 1.22. The number of carbonyl (C=O) groups excluding carboxylic acids is 2. The lowest BCUT2D eigenvalue weighted by Gasteiger charge is -2.21. The van der Waals surface area contributed by atoms with E-state index in [0.29, 0.717) is 0 Å². The van der Waals surface area contributed by atoms with Crippen molar-refractivity contribution in [3.63, 3.8) is 0 Å². The molecule has 0 radical (unpaired) electrons. The number of nitrogen functional groups attached to an aromatic ring is 1. The summed E-state index contributed by atoms with van der Waals surface area (Å²) in [5.74, 6) is -1.40. The van der Waals surface area contributed by atoms with Crippen molar-refractivity contribution in [3.8, 4) is 0 Å². The fourth-order valence-corrected chi connectivity index (χ4v) is 2.98. The number of nitrogens with one attached hydrogen (secondary N) is 1. The molecule has 0 bridgehead atoms. The average Bonchev–Trinajstić information content (AvgIpc) is 2.97. The molecule has 2 rings (SSSR count). The molecule has 9 heteroatoms. The molecule has 0 atom stereocenters. The number of primary amides is 1. The largest absolute Gasteiger partial charge is 0.411 e. The summed E-state index contributed by atoms with van der Waals surface area (Å²) >= 11 is 0.719. The van der Waals surface area contributed by atoms with Gasteiger partial charge < -0.3 is 16.8 Å². The molecular weight excluding hydrogens is 295 g/mol. The number of ketones is 1. The molecule has 1 amide bonds. The highest BCUT2D eigenvalue weighted by molar-refractivity contribution is 7.19. The molecule has 1 fully saturated rings. The first-order valence-corrected chi connectivity index (χ1v) is 6.48. The van der Waals surface area contributed by atoms with Crippen LogP contribution in [-0.4, -0.2) is 23.4 Å². The normalized spacial score (nSPS) is 16.8. The SMILES string of the molecule is CC(=O)c1sc(NC2(C(F)(F)F)CC2)c(C(N)=O)c1N. The smallest absolute Gasteiger partial charge is 0.397 e. The highest BCUT2D eigenvalue weighted by Crippen LogP contribution is 2.53. The molecule has 1 heterocycles. The minimum absolute atomic E-state index is 0.0271. The van der Waals surface area contributed by atoms with Gasteiger partial charge in [-0.15, -0.1) is 11.3 Å². The highest BCUT2D eigenvalue weighted by Gasteiger charge is 2.64. The van der Waals surface area contributed by atoms with Crippen molar-refractivity contribution >= 4 is 33.7 Å². The average molecular weight is 307 g/mol. The number of rotatable bonds is 4. The standard InChI is InChI=1S/C11H12F3N3O2S/c1-4(18)7-6(15)5(8(16)19)9(20-7)17-10(2-3-10)11(12,13)14/h17H,2-3,15H2,1H3,(H2,16,19). The van der Waals surface area contributed by atoms with Gasteiger partial charge in [-0.3, -0.25) is 9.59 Å². The zero-order chi connectivity index (χ0) is 15.3. The van der Waals surface area contributed by atoms with Gasteiger partial charge in [0, 0.05) is 6.92 Å².